The van der Waals surface area contributed by atoms with Gasteiger partial charge in [0.25, 0.3) is 0 Å². The van der Waals surface area contributed by atoms with Crippen molar-refractivity contribution in [1.29, 1.82) is 0 Å². The molecule has 3 aliphatic rings. The molecule has 72 valence electrons. The molecule has 0 amide bonds. The molecule has 0 heteroatoms. The van der Waals surface area contributed by atoms with Crippen LogP contribution >= 0.6 is 0 Å². The van der Waals surface area contributed by atoms with E-state index in [1.165, 1.54) is 19.3 Å². The van der Waals surface area contributed by atoms with Crippen LogP contribution < -0.4 is 0 Å². The Hall–Kier alpha value is -0.260. The minimum Gasteiger partial charge on any atom is -0.0707 e. The van der Waals surface area contributed by atoms with Gasteiger partial charge < -0.3 is 0 Å². The molecule has 4 atom stereocenters. The van der Waals surface area contributed by atoms with Crippen LogP contribution in [0.4, 0.5) is 0 Å². The lowest BCUT2D eigenvalue weighted by Crippen LogP contribution is -2.18. The van der Waals surface area contributed by atoms with Crippen LogP contribution in [-0.2, 0) is 0 Å². The van der Waals surface area contributed by atoms with Crippen LogP contribution in [0.5, 0.6) is 0 Å². The van der Waals surface area contributed by atoms with E-state index in [1.54, 1.807) is 11.1 Å². The maximum Gasteiger partial charge on any atom is -0.0166 e. The summed E-state index contributed by atoms with van der Waals surface area (Å²) < 4.78 is 0. The normalized spacial score (nSPS) is 53.3. The molecule has 2 fully saturated rings. The Morgan fingerprint density at radius 2 is 1.31 bits per heavy atom. The largest absolute Gasteiger partial charge is 0.0707 e. The van der Waals surface area contributed by atoms with E-state index in [1.807, 2.05) is 0 Å². The van der Waals surface area contributed by atoms with Crippen molar-refractivity contribution in [2.24, 2.45) is 29.6 Å². The van der Waals surface area contributed by atoms with Crippen LogP contribution in [-0.4, -0.2) is 0 Å². The molecule has 4 unspecified atom stereocenters. The van der Waals surface area contributed by atoms with E-state index in [-0.39, 0.29) is 0 Å². The first-order chi connectivity index (χ1) is 6.18. The lowest BCUT2D eigenvalue weighted by atomic mass is 9.79. The molecule has 0 radical (unpaired) electrons. The van der Waals surface area contributed by atoms with Gasteiger partial charge in [0.15, 0.2) is 0 Å². The molecule has 0 N–H and O–H groups in total. The van der Waals surface area contributed by atoms with Crippen molar-refractivity contribution < 1.29 is 0 Å². The summed E-state index contributed by atoms with van der Waals surface area (Å²) in [7, 11) is 0. The Morgan fingerprint density at radius 1 is 0.846 bits per heavy atom. The molecule has 0 aromatic rings. The van der Waals surface area contributed by atoms with Crippen molar-refractivity contribution in [1.82, 2.24) is 0 Å². The zero-order valence-electron chi connectivity index (χ0n) is 9.01. The van der Waals surface area contributed by atoms with Crippen LogP contribution in [0.2, 0.25) is 0 Å². The molecule has 0 aliphatic heterocycles. The Morgan fingerprint density at radius 3 is 1.77 bits per heavy atom. The average Bonchev–Trinajstić information content (AvgIpc) is 2.64. The second kappa shape index (κ2) is 2.40. The molecule has 0 aromatic carbocycles. The van der Waals surface area contributed by atoms with Crippen LogP contribution in [0, 0.1) is 29.6 Å². The highest BCUT2D eigenvalue weighted by Gasteiger charge is 2.52. The van der Waals surface area contributed by atoms with Crippen LogP contribution in [0.1, 0.15) is 40.0 Å². The maximum atomic E-state index is 2.45. The zero-order valence-corrected chi connectivity index (χ0v) is 9.01. The first-order valence-corrected chi connectivity index (χ1v) is 5.85. The molecular weight excluding hydrogens is 156 g/mol. The summed E-state index contributed by atoms with van der Waals surface area (Å²) in [5.41, 5.74) is 3.53. The van der Waals surface area contributed by atoms with E-state index in [0.717, 1.165) is 29.6 Å². The van der Waals surface area contributed by atoms with Crippen LogP contribution in [0.15, 0.2) is 11.1 Å². The summed E-state index contributed by atoms with van der Waals surface area (Å²) in [5, 5.41) is 0. The van der Waals surface area contributed by atoms with Gasteiger partial charge in [0.1, 0.15) is 0 Å². The summed E-state index contributed by atoms with van der Waals surface area (Å²) in [6, 6.07) is 0. The molecule has 0 spiro atoms. The quantitative estimate of drug-likeness (QED) is 0.494. The van der Waals surface area contributed by atoms with E-state index in [4.69, 9.17) is 0 Å². The third-order valence-corrected chi connectivity index (χ3v) is 5.17. The van der Waals surface area contributed by atoms with E-state index >= 15 is 0 Å². The molecular formula is C13H20. The van der Waals surface area contributed by atoms with Crippen molar-refractivity contribution in [3.05, 3.63) is 11.1 Å². The Bertz CT molecular complexity index is 248. The van der Waals surface area contributed by atoms with Gasteiger partial charge in [-0.25, -0.2) is 0 Å². The molecule has 0 saturated heterocycles. The number of allylic oxidation sites excluding steroid dienone is 2. The van der Waals surface area contributed by atoms with Crippen molar-refractivity contribution in [2.45, 2.75) is 40.0 Å². The van der Waals surface area contributed by atoms with E-state index in [9.17, 15) is 0 Å². The molecule has 3 rings (SSSR count). The highest BCUT2D eigenvalue weighted by atomic mass is 14.6. The number of hydrogen-bond donors (Lipinski definition) is 0. The van der Waals surface area contributed by atoms with E-state index in [0.29, 0.717) is 0 Å². The van der Waals surface area contributed by atoms with Crippen molar-refractivity contribution in [2.75, 3.05) is 0 Å². The molecule has 0 nitrogen and oxygen atoms in total. The maximum absolute atomic E-state index is 2.45. The van der Waals surface area contributed by atoms with Gasteiger partial charge in [-0.1, -0.05) is 18.1 Å². The highest BCUT2D eigenvalue weighted by Crippen LogP contribution is 2.61. The first-order valence-electron chi connectivity index (χ1n) is 5.85. The second-order valence-electron chi connectivity index (χ2n) is 5.72. The minimum atomic E-state index is 1.000. The number of hydrogen-bond acceptors (Lipinski definition) is 0. The predicted molar refractivity (Wildman–Crippen MR) is 55.3 cm³/mol. The Kier molecular flexibility index (Phi) is 1.49. The van der Waals surface area contributed by atoms with Crippen molar-refractivity contribution >= 4 is 0 Å². The van der Waals surface area contributed by atoms with Gasteiger partial charge in [-0.05, 0) is 62.7 Å². The molecule has 2 saturated carbocycles. The van der Waals surface area contributed by atoms with Gasteiger partial charge >= 0.3 is 0 Å². The molecule has 3 aliphatic carbocycles. The third kappa shape index (κ3) is 0.872. The van der Waals surface area contributed by atoms with Gasteiger partial charge in [0.2, 0.25) is 0 Å². The van der Waals surface area contributed by atoms with Crippen molar-refractivity contribution in [3.63, 3.8) is 0 Å². The summed E-state index contributed by atoms with van der Waals surface area (Å²) in [6.45, 7) is 7.22. The van der Waals surface area contributed by atoms with Gasteiger partial charge in [-0.2, -0.15) is 0 Å². The van der Waals surface area contributed by atoms with E-state index < -0.39 is 0 Å². The van der Waals surface area contributed by atoms with Gasteiger partial charge in [-0.15, -0.1) is 0 Å². The van der Waals surface area contributed by atoms with Gasteiger partial charge in [0, 0.05) is 0 Å². The lowest BCUT2D eigenvalue weighted by Gasteiger charge is -2.26. The highest BCUT2D eigenvalue weighted by molar-refractivity contribution is 5.30. The third-order valence-electron chi connectivity index (χ3n) is 5.17. The average molecular weight is 176 g/mol. The summed E-state index contributed by atoms with van der Waals surface area (Å²) >= 11 is 0. The molecule has 13 heavy (non-hydrogen) atoms. The topological polar surface area (TPSA) is 0 Å². The predicted octanol–water partition coefficient (Wildman–Crippen LogP) is 3.63. The smallest absolute Gasteiger partial charge is 0.0166 e. The number of rotatable bonds is 0. The fraction of sp³-hybridized carbons (Fsp3) is 0.846. The van der Waals surface area contributed by atoms with E-state index in [2.05, 4.69) is 20.8 Å². The van der Waals surface area contributed by atoms with Gasteiger partial charge in [0.05, 0.1) is 0 Å². The second-order valence-corrected chi connectivity index (χ2v) is 5.72. The summed E-state index contributed by atoms with van der Waals surface area (Å²) in [6.07, 6.45) is 4.56. The van der Waals surface area contributed by atoms with Crippen LogP contribution in [0.25, 0.3) is 0 Å². The number of fused-ring (bicyclic) bond motifs is 5. The minimum absolute atomic E-state index is 1.000. The first kappa shape index (κ1) is 8.08. The molecule has 2 bridgehead atoms. The fourth-order valence-electron chi connectivity index (χ4n) is 4.50. The summed E-state index contributed by atoms with van der Waals surface area (Å²) in [5.74, 6) is 5.19. The van der Waals surface area contributed by atoms with Crippen molar-refractivity contribution in [3.8, 4) is 0 Å². The summed E-state index contributed by atoms with van der Waals surface area (Å²) in [4.78, 5) is 0. The molecule has 0 heterocycles. The standard InChI is InChI=1S/C13H20/c1-7-4-12-10-6-11(13(12)5-7)9(3)8(10)2/h7,10-13H,4-6H2,1-3H3. The fourth-order valence-corrected chi connectivity index (χ4v) is 4.50. The SMILES string of the molecule is CC1=C(C)C2CC1C1CC(C)CC21. The Balaban J connectivity index is 1.96. The molecule has 0 aromatic heterocycles. The monoisotopic (exact) mass is 176 g/mol. The van der Waals surface area contributed by atoms with Crippen LogP contribution in [0.3, 0.4) is 0 Å². The Labute approximate surface area is 81.4 Å². The lowest BCUT2D eigenvalue weighted by molar-refractivity contribution is 0.343. The zero-order chi connectivity index (χ0) is 9.16. The van der Waals surface area contributed by atoms with Gasteiger partial charge in [-0.3, -0.25) is 0 Å².